The Bertz CT molecular complexity index is 780. The van der Waals surface area contributed by atoms with Crippen molar-refractivity contribution in [2.45, 2.75) is 65.7 Å². The number of aromatic nitrogens is 1. The predicted molar refractivity (Wildman–Crippen MR) is 109 cm³/mol. The number of esters is 2. The minimum atomic E-state index is -1.93. The number of nitrogens with two attached hydrogens (primary N) is 1. The normalized spacial score (nSPS) is 14.2. The maximum atomic E-state index is 12.5. The number of oxime groups is 1. The molecule has 1 rings (SSSR count). The van der Waals surface area contributed by atoms with Crippen LogP contribution in [0.5, 0.6) is 0 Å². The number of ether oxygens (including phenoxy) is 2. The molecule has 29 heavy (non-hydrogen) atoms. The molecule has 0 saturated carbocycles. The van der Waals surface area contributed by atoms with E-state index in [0.29, 0.717) is 0 Å². The van der Waals surface area contributed by atoms with Gasteiger partial charge in [-0.1, -0.05) is 5.16 Å². The summed E-state index contributed by atoms with van der Waals surface area (Å²) in [5.41, 5.74) is 3.15. The number of hydrogen-bond acceptors (Lipinski definition) is 10. The molecule has 0 aliphatic carbocycles. The number of carbonyl (C=O) groups is 3. The van der Waals surface area contributed by atoms with Crippen LogP contribution in [0.3, 0.4) is 0 Å². The van der Waals surface area contributed by atoms with Crippen molar-refractivity contribution < 1.29 is 28.7 Å². The molecule has 162 valence electrons. The molecule has 1 atom stereocenters. The van der Waals surface area contributed by atoms with Crippen molar-refractivity contribution in [1.82, 2.24) is 4.98 Å². The highest BCUT2D eigenvalue weighted by molar-refractivity contribution is 7.14. The van der Waals surface area contributed by atoms with Gasteiger partial charge in [0.15, 0.2) is 10.7 Å². The number of hydrogen-bond donors (Lipinski definition) is 2. The molecule has 0 aromatic carbocycles. The molecule has 0 aliphatic heterocycles. The van der Waals surface area contributed by atoms with Crippen molar-refractivity contribution in [2.75, 3.05) is 11.9 Å². The quantitative estimate of drug-likeness (QED) is 0.276. The van der Waals surface area contributed by atoms with E-state index in [1.165, 1.54) is 12.3 Å². The number of amides is 1. The average molecular weight is 429 g/mol. The van der Waals surface area contributed by atoms with E-state index in [1.54, 1.807) is 41.5 Å². The molecule has 1 heterocycles. The Hall–Kier alpha value is -2.53. The van der Waals surface area contributed by atoms with Crippen LogP contribution in [0.2, 0.25) is 0 Å². The number of rotatable bonds is 8. The molecule has 0 saturated heterocycles. The highest BCUT2D eigenvalue weighted by atomic mass is 32.1. The third-order valence-corrected chi connectivity index (χ3v) is 3.84. The second kappa shape index (κ2) is 9.79. The number of nitrogens with one attached hydrogen (secondary N) is 1. The van der Waals surface area contributed by atoms with Crippen molar-refractivity contribution in [3.63, 3.8) is 0 Å². The minimum absolute atomic E-state index is 0.117. The Morgan fingerprint density at radius 2 is 1.90 bits per heavy atom. The largest absolute Gasteiger partial charge is 0.461 e. The van der Waals surface area contributed by atoms with Crippen LogP contribution in [0.15, 0.2) is 10.5 Å². The standard InChI is InChI=1S/C18H28N4O6S/c1-8-26-13(23)12(22-28-10(2)3)11-9-29-16(20-11)21-14(24)18(7,19)15(25)27-17(4,5)6/h9-10H,8,19H2,1-7H3,(H,20,21,24)/b22-12-/t18-/m0/s1. The second-order valence-corrected chi connectivity index (χ2v) is 8.37. The molecule has 10 nitrogen and oxygen atoms in total. The predicted octanol–water partition coefficient (Wildman–Crippen LogP) is 1.83. The Kier molecular flexibility index (Phi) is 8.27. The molecule has 1 amide bonds. The summed E-state index contributed by atoms with van der Waals surface area (Å²) in [6.07, 6.45) is -0.260. The summed E-state index contributed by atoms with van der Waals surface area (Å²) in [6, 6.07) is 0. The maximum Gasteiger partial charge on any atom is 0.362 e. The van der Waals surface area contributed by atoms with Gasteiger partial charge in [0.2, 0.25) is 5.71 Å². The first-order chi connectivity index (χ1) is 13.3. The molecule has 0 fully saturated rings. The molecule has 0 radical (unpaired) electrons. The van der Waals surface area contributed by atoms with Crippen LogP contribution in [0, 0.1) is 0 Å². The monoisotopic (exact) mass is 428 g/mol. The first kappa shape index (κ1) is 24.5. The molecule has 11 heteroatoms. The van der Waals surface area contributed by atoms with Crippen LogP contribution < -0.4 is 11.1 Å². The van der Waals surface area contributed by atoms with E-state index in [-0.39, 0.29) is 29.2 Å². The van der Waals surface area contributed by atoms with Crippen LogP contribution in [0.4, 0.5) is 5.13 Å². The fourth-order valence-corrected chi connectivity index (χ4v) is 2.38. The van der Waals surface area contributed by atoms with Crippen molar-refractivity contribution in [3.8, 4) is 0 Å². The highest BCUT2D eigenvalue weighted by Crippen LogP contribution is 2.20. The van der Waals surface area contributed by atoms with Gasteiger partial charge in [-0.05, 0) is 48.5 Å². The fraction of sp³-hybridized carbons (Fsp3) is 0.611. The average Bonchev–Trinajstić information content (AvgIpc) is 3.01. The number of nitrogens with zero attached hydrogens (tertiary/aromatic N) is 2. The summed E-state index contributed by atoms with van der Waals surface area (Å²) in [6.45, 7) is 11.5. The number of carbonyl (C=O) groups excluding carboxylic acids is 3. The Labute approximate surface area is 173 Å². The van der Waals surface area contributed by atoms with Crippen LogP contribution >= 0.6 is 11.3 Å². The lowest BCUT2D eigenvalue weighted by Crippen LogP contribution is -2.57. The van der Waals surface area contributed by atoms with Gasteiger partial charge in [-0.15, -0.1) is 11.3 Å². The molecule has 0 aliphatic rings. The maximum absolute atomic E-state index is 12.5. The molecular formula is C18H28N4O6S. The van der Waals surface area contributed by atoms with E-state index >= 15 is 0 Å². The van der Waals surface area contributed by atoms with Gasteiger partial charge in [-0.3, -0.25) is 10.1 Å². The third-order valence-electron chi connectivity index (χ3n) is 3.09. The van der Waals surface area contributed by atoms with Gasteiger partial charge in [0.25, 0.3) is 5.91 Å². The molecule has 1 aromatic heterocycles. The van der Waals surface area contributed by atoms with Crippen LogP contribution in [-0.4, -0.2) is 52.4 Å². The number of thiazole rings is 1. The van der Waals surface area contributed by atoms with Gasteiger partial charge in [0.1, 0.15) is 17.4 Å². The minimum Gasteiger partial charge on any atom is -0.461 e. The van der Waals surface area contributed by atoms with Gasteiger partial charge < -0.3 is 20.0 Å². The summed E-state index contributed by atoms with van der Waals surface area (Å²) in [5.74, 6) is -2.40. The van der Waals surface area contributed by atoms with Crippen molar-refractivity contribution in [1.29, 1.82) is 0 Å². The van der Waals surface area contributed by atoms with Gasteiger partial charge in [-0.2, -0.15) is 0 Å². The zero-order chi connectivity index (χ0) is 22.4. The second-order valence-electron chi connectivity index (χ2n) is 7.51. The summed E-state index contributed by atoms with van der Waals surface area (Å²) in [4.78, 5) is 46.1. The van der Waals surface area contributed by atoms with E-state index < -0.39 is 29.0 Å². The fourth-order valence-electron chi connectivity index (χ4n) is 1.69. The Balaban J connectivity index is 3.00. The smallest absolute Gasteiger partial charge is 0.362 e. The SMILES string of the molecule is CCOC(=O)/C(=N\OC(C)C)c1csc(NC(=O)[C@](C)(N)C(=O)OC(C)(C)C)n1. The third kappa shape index (κ3) is 7.42. The summed E-state index contributed by atoms with van der Waals surface area (Å²) >= 11 is 1.02. The lowest BCUT2D eigenvalue weighted by Gasteiger charge is -2.27. The molecule has 1 aromatic rings. The molecular weight excluding hydrogens is 400 g/mol. The van der Waals surface area contributed by atoms with E-state index in [2.05, 4.69) is 15.5 Å². The van der Waals surface area contributed by atoms with Gasteiger partial charge in [0, 0.05) is 5.38 Å². The summed E-state index contributed by atoms with van der Waals surface area (Å²) < 4.78 is 10.1. The lowest BCUT2D eigenvalue weighted by atomic mass is 10.0. The van der Waals surface area contributed by atoms with Gasteiger partial charge in [0.05, 0.1) is 6.61 Å². The van der Waals surface area contributed by atoms with E-state index in [9.17, 15) is 14.4 Å². The van der Waals surface area contributed by atoms with Crippen molar-refractivity contribution >= 4 is 40.0 Å². The first-order valence-corrected chi connectivity index (χ1v) is 9.86. The zero-order valence-corrected chi connectivity index (χ0v) is 18.5. The zero-order valence-electron chi connectivity index (χ0n) is 17.7. The molecule has 0 bridgehead atoms. The van der Waals surface area contributed by atoms with E-state index in [1.807, 2.05) is 0 Å². The lowest BCUT2D eigenvalue weighted by molar-refractivity contribution is -0.162. The Morgan fingerprint density at radius 3 is 2.41 bits per heavy atom. The topological polar surface area (TPSA) is 142 Å². The highest BCUT2D eigenvalue weighted by Gasteiger charge is 2.41. The summed E-state index contributed by atoms with van der Waals surface area (Å²) in [7, 11) is 0. The van der Waals surface area contributed by atoms with Crippen molar-refractivity contribution in [2.24, 2.45) is 10.9 Å². The van der Waals surface area contributed by atoms with Crippen LogP contribution in [0.1, 0.15) is 54.2 Å². The van der Waals surface area contributed by atoms with E-state index in [4.69, 9.17) is 20.0 Å². The Morgan fingerprint density at radius 1 is 1.28 bits per heavy atom. The molecule has 3 N–H and O–H groups in total. The van der Waals surface area contributed by atoms with Crippen LogP contribution in [-0.2, 0) is 28.7 Å². The number of anilines is 1. The van der Waals surface area contributed by atoms with Gasteiger partial charge in [-0.25, -0.2) is 14.6 Å². The van der Waals surface area contributed by atoms with E-state index in [0.717, 1.165) is 11.3 Å². The van der Waals surface area contributed by atoms with Gasteiger partial charge >= 0.3 is 11.9 Å². The first-order valence-electron chi connectivity index (χ1n) is 8.98. The molecule has 0 unspecified atom stereocenters. The van der Waals surface area contributed by atoms with Crippen molar-refractivity contribution in [3.05, 3.63) is 11.1 Å². The summed E-state index contributed by atoms with van der Waals surface area (Å²) in [5, 5.41) is 7.86. The molecule has 0 spiro atoms. The van der Waals surface area contributed by atoms with Crippen LogP contribution in [0.25, 0.3) is 0 Å².